The van der Waals surface area contributed by atoms with Crippen molar-refractivity contribution in [3.8, 4) is 0 Å². The zero-order valence-electron chi connectivity index (χ0n) is 9.57. The van der Waals surface area contributed by atoms with Crippen molar-refractivity contribution >= 4 is 27.5 Å². The lowest BCUT2D eigenvalue weighted by Crippen LogP contribution is -2.11. The van der Waals surface area contributed by atoms with Gasteiger partial charge in [0.05, 0.1) is 16.4 Å². The molecule has 1 atom stereocenters. The topological polar surface area (TPSA) is 38.0 Å². The van der Waals surface area contributed by atoms with Crippen molar-refractivity contribution < 1.29 is 9.50 Å². The largest absolute Gasteiger partial charge is 0.382 e. The minimum absolute atomic E-state index is 0.176. The highest BCUT2D eigenvalue weighted by Gasteiger charge is 2.21. The number of rotatable bonds is 3. The Balaban J connectivity index is 2.47. The van der Waals surface area contributed by atoms with Gasteiger partial charge in [-0.2, -0.15) is 5.10 Å². The summed E-state index contributed by atoms with van der Waals surface area (Å²) >= 11 is 8.99. The van der Waals surface area contributed by atoms with Gasteiger partial charge in [0.1, 0.15) is 11.9 Å². The highest BCUT2D eigenvalue weighted by atomic mass is 79.9. The number of aliphatic hydroxyl groups excluding tert-OH is 1. The number of aromatic nitrogens is 2. The normalized spacial score (nSPS) is 12.7. The van der Waals surface area contributed by atoms with Gasteiger partial charge >= 0.3 is 0 Å². The van der Waals surface area contributed by atoms with Crippen LogP contribution in [0.4, 0.5) is 4.39 Å². The SMILES string of the molecule is CCn1ncc(Br)c1C(O)c1ccc(Cl)cc1F. The molecule has 0 bridgehead atoms. The maximum absolute atomic E-state index is 13.8. The van der Waals surface area contributed by atoms with E-state index < -0.39 is 11.9 Å². The average Bonchev–Trinajstić information content (AvgIpc) is 2.69. The Hall–Kier alpha value is -0.910. The molecule has 1 aromatic heterocycles. The minimum Gasteiger partial charge on any atom is -0.382 e. The van der Waals surface area contributed by atoms with Crippen LogP contribution in [0.3, 0.4) is 0 Å². The average molecular weight is 334 g/mol. The molecule has 0 aliphatic carbocycles. The summed E-state index contributed by atoms with van der Waals surface area (Å²) < 4.78 is 16.0. The summed E-state index contributed by atoms with van der Waals surface area (Å²) in [6.07, 6.45) is 0.495. The Labute approximate surface area is 117 Å². The van der Waals surface area contributed by atoms with E-state index >= 15 is 0 Å². The van der Waals surface area contributed by atoms with Crippen LogP contribution in [-0.2, 0) is 6.54 Å². The van der Waals surface area contributed by atoms with Gasteiger partial charge in [0.15, 0.2) is 0 Å². The lowest BCUT2D eigenvalue weighted by atomic mass is 10.1. The van der Waals surface area contributed by atoms with Crippen LogP contribution < -0.4 is 0 Å². The predicted octanol–water partition coefficient (Wildman–Crippen LogP) is 3.54. The van der Waals surface area contributed by atoms with E-state index in [-0.39, 0.29) is 5.56 Å². The Morgan fingerprint density at radius 3 is 2.89 bits per heavy atom. The van der Waals surface area contributed by atoms with Crippen molar-refractivity contribution in [2.75, 3.05) is 0 Å². The molecule has 0 aliphatic rings. The molecular formula is C12H11BrClFN2O. The van der Waals surface area contributed by atoms with Crippen LogP contribution in [0.15, 0.2) is 28.9 Å². The molecule has 6 heteroatoms. The molecule has 96 valence electrons. The Kier molecular flexibility index (Phi) is 4.04. The van der Waals surface area contributed by atoms with Gasteiger partial charge in [-0.05, 0) is 35.0 Å². The maximum atomic E-state index is 13.8. The second kappa shape index (κ2) is 5.38. The molecule has 0 radical (unpaired) electrons. The number of benzene rings is 1. The molecular weight excluding hydrogens is 322 g/mol. The van der Waals surface area contributed by atoms with Crippen LogP contribution in [0.2, 0.25) is 5.02 Å². The number of hydrogen-bond donors (Lipinski definition) is 1. The van der Waals surface area contributed by atoms with Crippen molar-refractivity contribution in [2.24, 2.45) is 0 Å². The molecule has 1 heterocycles. The summed E-state index contributed by atoms with van der Waals surface area (Å²) in [6, 6.07) is 4.20. The van der Waals surface area contributed by atoms with Crippen molar-refractivity contribution in [1.82, 2.24) is 9.78 Å². The Morgan fingerprint density at radius 2 is 2.28 bits per heavy atom. The number of halogens is 3. The zero-order valence-corrected chi connectivity index (χ0v) is 11.9. The molecule has 0 spiro atoms. The van der Waals surface area contributed by atoms with Gasteiger partial charge in [-0.3, -0.25) is 4.68 Å². The summed E-state index contributed by atoms with van der Waals surface area (Å²) in [5, 5.41) is 14.7. The molecule has 0 fully saturated rings. The molecule has 0 saturated carbocycles. The first kappa shape index (κ1) is 13.5. The summed E-state index contributed by atoms with van der Waals surface area (Å²) in [5.41, 5.74) is 0.703. The van der Waals surface area contributed by atoms with Gasteiger partial charge in [0.25, 0.3) is 0 Å². The van der Waals surface area contributed by atoms with Crippen LogP contribution in [0, 0.1) is 5.82 Å². The van der Waals surface area contributed by atoms with E-state index in [9.17, 15) is 9.50 Å². The summed E-state index contributed by atoms with van der Waals surface area (Å²) in [6.45, 7) is 2.49. The monoisotopic (exact) mass is 332 g/mol. The molecule has 3 nitrogen and oxygen atoms in total. The summed E-state index contributed by atoms with van der Waals surface area (Å²) in [5.74, 6) is -0.536. The fourth-order valence-corrected chi connectivity index (χ4v) is 2.44. The van der Waals surface area contributed by atoms with E-state index in [0.717, 1.165) is 0 Å². The van der Waals surface area contributed by atoms with Gasteiger partial charge in [-0.1, -0.05) is 17.7 Å². The van der Waals surface area contributed by atoms with Crippen molar-refractivity contribution in [3.05, 3.63) is 51.0 Å². The number of aliphatic hydroxyl groups is 1. The fourth-order valence-electron chi connectivity index (χ4n) is 1.77. The Morgan fingerprint density at radius 1 is 1.56 bits per heavy atom. The molecule has 1 unspecified atom stereocenters. The summed E-state index contributed by atoms with van der Waals surface area (Å²) in [7, 11) is 0. The highest BCUT2D eigenvalue weighted by Crippen LogP contribution is 2.30. The highest BCUT2D eigenvalue weighted by molar-refractivity contribution is 9.10. The standard InChI is InChI=1S/C12H11BrClFN2O/c1-2-17-11(9(13)6-16-17)12(18)8-4-3-7(14)5-10(8)15/h3-6,12,18H,2H2,1H3. The molecule has 2 rings (SSSR count). The van der Waals surface area contributed by atoms with Crippen molar-refractivity contribution in [1.29, 1.82) is 0 Å². The molecule has 0 saturated heterocycles. The van der Waals surface area contributed by atoms with Gasteiger partial charge in [-0.15, -0.1) is 0 Å². The second-order valence-electron chi connectivity index (χ2n) is 3.76. The third-order valence-corrected chi connectivity index (χ3v) is 3.49. The van der Waals surface area contributed by atoms with E-state index in [1.165, 1.54) is 12.1 Å². The lowest BCUT2D eigenvalue weighted by molar-refractivity contribution is 0.202. The quantitative estimate of drug-likeness (QED) is 0.933. The number of aryl methyl sites for hydroxylation is 1. The molecule has 0 amide bonds. The smallest absolute Gasteiger partial charge is 0.130 e. The second-order valence-corrected chi connectivity index (χ2v) is 5.05. The third kappa shape index (κ3) is 2.43. The number of hydrogen-bond acceptors (Lipinski definition) is 2. The van der Waals surface area contributed by atoms with E-state index in [0.29, 0.717) is 21.7 Å². The summed E-state index contributed by atoms with van der Waals surface area (Å²) in [4.78, 5) is 0. The molecule has 1 aromatic carbocycles. The van der Waals surface area contributed by atoms with Gasteiger partial charge in [0, 0.05) is 17.1 Å². The van der Waals surface area contributed by atoms with E-state index in [1.54, 1.807) is 16.9 Å². The first-order valence-electron chi connectivity index (χ1n) is 5.38. The molecule has 2 aromatic rings. The molecule has 0 aliphatic heterocycles. The fraction of sp³-hybridized carbons (Fsp3) is 0.250. The van der Waals surface area contributed by atoms with Crippen LogP contribution in [0.5, 0.6) is 0 Å². The zero-order chi connectivity index (χ0) is 13.3. The van der Waals surface area contributed by atoms with E-state index in [4.69, 9.17) is 11.6 Å². The van der Waals surface area contributed by atoms with E-state index in [1.807, 2.05) is 6.92 Å². The Bertz CT molecular complexity index is 573. The maximum Gasteiger partial charge on any atom is 0.130 e. The first-order chi connectivity index (χ1) is 8.54. The van der Waals surface area contributed by atoms with Gasteiger partial charge in [-0.25, -0.2) is 4.39 Å². The van der Waals surface area contributed by atoms with Crippen LogP contribution >= 0.6 is 27.5 Å². The predicted molar refractivity (Wildman–Crippen MR) is 71.1 cm³/mol. The van der Waals surface area contributed by atoms with Crippen molar-refractivity contribution in [3.63, 3.8) is 0 Å². The first-order valence-corrected chi connectivity index (χ1v) is 6.56. The number of nitrogens with zero attached hydrogens (tertiary/aromatic N) is 2. The third-order valence-electron chi connectivity index (χ3n) is 2.65. The minimum atomic E-state index is -1.08. The lowest BCUT2D eigenvalue weighted by Gasteiger charge is -2.14. The van der Waals surface area contributed by atoms with Crippen LogP contribution in [0.1, 0.15) is 24.3 Å². The van der Waals surface area contributed by atoms with Crippen molar-refractivity contribution in [2.45, 2.75) is 19.6 Å². The molecule has 18 heavy (non-hydrogen) atoms. The van der Waals surface area contributed by atoms with Crippen LogP contribution in [0.25, 0.3) is 0 Å². The van der Waals surface area contributed by atoms with Crippen LogP contribution in [-0.4, -0.2) is 14.9 Å². The van der Waals surface area contributed by atoms with Gasteiger partial charge < -0.3 is 5.11 Å². The molecule has 1 N–H and O–H groups in total. The van der Waals surface area contributed by atoms with E-state index in [2.05, 4.69) is 21.0 Å². The van der Waals surface area contributed by atoms with Gasteiger partial charge in [0.2, 0.25) is 0 Å².